The first-order valence-corrected chi connectivity index (χ1v) is 6.60. The summed E-state index contributed by atoms with van der Waals surface area (Å²) in [5.74, 6) is -0.646. The largest absolute Gasteiger partial charge is 0.396 e. The van der Waals surface area contributed by atoms with Crippen LogP contribution in [0.15, 0.2) is 18.2 Å². The third-order valence-corrected chi connectivity index (χ3v) is 3.59. The molecule has 3 N–H and O–H groups in total. The number of likely N-dealkylation sites (tertiary alicyclic amines) is 1. The molecule has 1 aliphatic heterocycles. The van der Waals surface area contributed by atoms with Crippen LogP contribution in [0.5, 0.6) is 0 Å². The Hall–Kier alpha value is -1.62. The minimum Gasteiger partial charge on any atom is -0.396 e. The average Bonchev–Trinajstić information content (AvgIpc) is 2.42. The summed E-state index contributed by atoms with van der Waals surface area (Å²) in [6.07, 6.45) is 3.52. The lowest BCUT2D eigenvalue weighted by Gasteiger charge is -2.35. The average molecular weight is 266 g/mol. The molecule has 4 nitrogen and oxygen atoms in total. The molecule has 1 amide bonds. The molecule has 1 atom stereocenters. The van der Waals surface area contributed by atoms with Crippen molar-refractivity contribution in [3.63, 3.8) is 0 Å². The van der Waals surface area contributed by atoms with Gasteiger partial charge in [0.05, 0.1) is 5.69 Å². The SMILES string of the molecule is Nc1cc(C(=O)N2CCCCC2CCO)ccc1F. The number of carbonyl (C=O) groups excluding carboxylic acids is 1. The standard InChI is InChI=1S/C14H19FN2O2/c15-12-5-4-10(9-13(12)16)14(19)17-7-2-1-3-11(17)6-8-18/h4-5,9,11,18H,1-3,6-8,16H2. The van der Waals surface area contributed by atoms with E-state index in [-0.39, 0.29) is 24.2 Å². The molecular weight excluding hydrogens is 247 g/mol. The van der Waals surface area contributed by atoms with Gasteiger partial charge >= 0.3 is 0 Å². The number of aliphatic hydroxyl groups excluding tert-OH is 1. The van der Waals surface area contributed by atoms with E-state index in [1.807, 2.05) is 0 Å². The normalized spacial score (nSPS) is 19.5. The third-order valence-electron chi connectivity index (χ3n) is 3.59. The molecule has 104 valence electrons. The summed E-state index contributed by atoms with van der Waals surface area (Å²) in [5, 5.41) is 9.06. The van der Waals surface area contributed by atoms with E-state index in [9.17, 15) is 9.18 Å². The van der Waals surface area contributed by atoms with Crippen molar-refractivity contribution in [2.45, 2.75) is 31.7 Å². The first-order chi connectivity index (χ1) is 9.13. The molecular formula is C14H19FN2O2. The summed E-state index contributed by atoms with van der Waals surface area (Å²) >= 11 is 0. The Balaban J connectivity index is 2.18. The van der Waals surface area contributed by atoms with Gasteiger partial charge in [-0.3, -0.25) is 4.79 Å². The van der Waals surface area contributed by atoms with Gasteiger partial charge in [0.25, 0.3) is 5.91 Å². The molecule has 0 radical (unpaired) electrons. The summed E-state index contributed by atoms with van der Waals surface area (Å²) in [6.45, 7) is 0.751. The van der Waals surface area contributed by atoms with Crippen molar-refractivity contribution in [3.8, 4) is 0 Å². The molecule has 19 heavy (non-hydrogen) atoms. The second-order valence-electron chi connectivity index (χ2n) is 4.90. The summed E-state index contributed by atoms with van der Waals surface area (Å²) in [4.78, 5) is 14.2. The molecule has 1 heterocycles. The number of anilines is 1. The molecule has 1 aliphatic rings. The smallest absolute Gasteiger partial charge is 0.254 e. The van der Waals surface area contributed by atoms with Crippen molar-refractivity contribution >= 4 is 11.6 Å². The van der Waals surface area contributed by atoms with Crippen LogP contribution in [-0.2, 0) is 0 Å². The number of amides is 1. The minimum absolute atomic E-state index is 0.0124. The fraction of sp³-hybridized carbons (Fsp3) is 0.500. The van der Waals surface area contributed by atoms with Gasteiger partial charge in [0.15, 0.2) is 0 Å². The maximum atomic E-state index is 13.1. The zero-order chi connectivity index (χ0) is 13.8. The van der Waals surface area contributed by atoms with Crippen LogP contribution in [0, 0.1) is 5.82 Å². The second kappa shape index (κ2) is 6.02. The third kappa shape index (κ3) is 3.04. The van der Waals surface area contributed by atoms with Gasteiger partial charge in [0.1, 0.15) is 5.82 Å². The number of rotatable bonds is 3. The highest BCUT2D eigenvalue weighted by Gasteiger charge is 2.27. The lowest BCUT2D eigenvalue weighted by Crippen LogP contribution is -2.44. The molecule has 0 aliphatic carbocycles. The molecule has 0 bridgehead atoms. The van der Waals surface area contributed by atoms with Crippen LogP contribution >= 0.6 is 0 Å². The zero-order valence-corrected chi connectivity index (χ0v) is 10.8. The van der Waals surface area contributed by atoms with Crippen LogP contribution in [-0.4, -0.2) is 35.1 Å². The molecule has 1 aromatic rings. The van der Waals surface area contributed by atoms with Crippen LogP contribution < -0.4 is 5.73 Å². The van der Waals surface area contributed by atoms with Crippen molar-refractivity contribution in [2.75, 3.05) is 18.9 Å². The van der Waals surface area contributed by atoms with Gasteiger partial charge in [-0.15, -0.1) is 0 Å². The van der Waals surface area contributed by atoms with E-state index in [0.717, 1.165) is 19.3 Å². The Morgan fingerprint density at radius 2 is 2.26 bits per heavy atom. The fourth-order valence-corrected chi connectivity index (χ4v) is 2.56. The molecule has 0 saturated carbocycles. The van der Waals surface area contributed by atoms with Crippen LogP contribution in [0.1, 0.15) is 36.0 Å². The number of nitrogens with two attached hydrogens (primary N) is 1. The van der Waals surface area contributed by atoms with Crippen LogP contribution in [0.25, 0.3) is 0 Å². The molecule has 2 rings (SSSR count). The summed E-state index contributed by atoms with van der Waals surface area (Å²) in [5.41, 5.74) is 5.89. The van der Waals surface area contributed by atoms with Crippen molar-refractivity contribution in [1.82, 2.24) is 4.90 Å². The maximum Gasteiger partial charge on any atom is 0.254 e. The number of nitrogens with zero attached hydrogens (tertiary/aromatic N) is 1. The summed E-state index contributed by atoms with van der Waals surface area (Å²) < 4.78 is 13.1. The van der Waals surface area contributed by atoms with E-state index >= 15 is 0 Å². The molecule has 1 unspecified atom stereocenters. The number of hydrogen-bond acceptors (Lipinski definition) is 3. The highest BCUT2D eigenvalue weighted by molar-refractivity contribution is 5.95. The summed E-state index contributed by atoms with van der Waals surface area (Å²) in [6, 6.07) is 4.12. The highest BCUT2D eigenvalue weighted by atomic mass is 19.1. The van der Waals surface area contributed by atoms with E-state index in [2.05, 4.69) is 0 Å². The van der Waals surface area contributed by atoms with Crippen LogP contribution in [0.3, 0.4) is 0 Å². The number of nitrogen functional groups attached to an aromatic ring is 1. The first kappa shape index (κ1) is 13.8. The minimum atomic E-state index is -0.512. The van der Waals surface area contributed by atoms with E-state index in [0.29, 0.717) is 18.5 Å². The lowest BCUT2D eigenvalue weighted by atomic mass is 9.98. The van der Waals surface area contributed by atoms with E-state index < -0.39 is 5.82 Å². The molecule has 1 fully saturated rings. The number of piperidine rings is 1. The van der Waals surface area contributed by atoms with Crippen molar-refractivity contribution in [3.05, 3.63) is 29.6 Å². The number of halogens is 1. The summed E-state index contributed by atoms with van der Waals surface area (Å²) in [7, 11) is 0. The van der Waals surface area contributed by atoms with Crippen molar-refractivity contribution in [2.24, 2.45) is 0 Å². The van der Waals surface area contributed by atoms with Crippen LogP contribution in [0.4, 0.5) is 10.1 Å². The number of aliphatic hydroxyl groups is 1. The highest BCUT2D eigenvalue weighted by Crippen LogP contribution is 2.23. The van der Waals surface area contributed by atoms with Gasteiger partial charge < -0.3 is 15.7 Å². The number of benzene rings is 1. The van der Waals surface area contributed by atoms with Gasteiger partial charge in [-0.2, -0.15) is 0 Å². The first-order valence-electron chi connectivity index (χ1n) is 6.60. The van der Waals surface area contributed by atoms with E-state index in [1.54, 1.807) is 4.90 Å². The predicted molar refractivity (Wildman–Crippen MR) is 71.2 cm³/mol. The monoisotopic (exact) mass is 266 g/mol. The van der Waals surface area contributed by atoms with Crippen molar-refractivity contribution in [1.29, 1.82) is 0 Å². The van der Waals surface area contributed by atoms with E-state index in [4.69, 9.17) is 10.8 Å². The van der Waals surface area contributed by atoms with Gasteiger partial charge in [-0.25, -0.2) is 4.39 Å². The van der Waals surface area contributed by atoms with Gasteiger partial charge in [-0.05, 0) is 43.9 Å². The molecule has 1 saturated heterocycles. The molecule has 5 heteroatoms. The Morgan fingerprint density at radius 3 is 2.95 bits per heavy atom. The van der Waals surface area contributed by atoms with Crippen LogP contribution in [0.2, 0.25) is 0 Å². The van der Waals surface area contributed by atoms with Gasteiger partial charge in [-0.1, -0.05) is 0 Å². The Bertz CT molecular complexity index is 463. The quantitative estimate of drug-likeness (QED) is 0.820. The maximum absolute atomic E-state index is 13.1. The molecule has 0 aromatic heterocycles. The van der Waals surface area contributed by atoms with Gasteiger partial charge in [0, 0.05) is 24.8 Å². The number of hydrogen-bond donors (Lipinski definition) is 2. The topological polar surface area (TPSA) is 66.6 Å². The lowest BCUT2D eigenvalue weighted by molar-refractivity contribution is 0.0574. The Labute approximate surface area is 112 Å². The predicted octanol–water partition coefficient (Wildman–Crippen LogP) is 1.79. The zero-order valence-electron chi connectivity index (χ0n) is 10.8. The van der Waals surface area contributed by atoms with E-state index in [1.165, 1.54) is 18.2 Å². The molecule has 1 aromatic carbocycles. The van der Waals surface area contributed by atoms with Gasteiger partial charge in [0.2, 0.25) is 0 Å². The fourth-order valence-electron chi connectivity index (χ4n) is 2.56. The Kier molecular flexibility index (Phi) is 4.37. The Morgan fingerprint density at radius 1 is 1.47 bits per heavy atom. The number of carbonyl (C=O) groups is 1. The second-order valence-corrected chi connectivity index (χ2v) is 4.90. The molecule has 0 spiro atoms. The van der Waals surface area contributed by atoms with Crippen molar-refractivity contribution < 1.29 is 14.3 Å².